The van der Waals surface area contributed by atoms with Crippen molar-refractivity contribution in [1.82, 2.24) is 5.43 Å². The van der Waals surface area contributed by atoms with Crippen molar-refractivity contribution in [3.05, 3.63) is 58.1 Å². The molecule has 0 heterocycles. The zero-order valence-electron chi connectivity index (χ0n) is 15.4. The van der Waals surface area contributed by atoms with E-state index in [0.717, 1.165) is 15.8 Å². The van der Waals surface area contributed by atoms with Gasteiger partial charge in [-0.25, -0.2) is 5.43 Å². The Morgan fingerprint density at radius 3 is 2.46 bits per heavy atom. The minimum absolute atomic E-state index is 0.0844. The summed E-state index contributed by atoms with van der Waals surface area (Å²) in [6, 6.07) is 13.3. The summed E-state index contributed by atoms with van der Waals surface area (Å²) in [5.74, 6) is 1.06. The lowest BCUT2D eigenvalue weighted by Gasteiger charge is -2.19. The molecule has 0 saturated heterocycles. The third-order valence-electron chi connectivity index (χ3n) is 3.67. The van der Waals surface area contributed by atoms with Crippen LogP contribution in [0.4, 0.5) is 0 Å². The van der Waals surface area contributed by atoms with E-state index in [9.17, 15) is 4.79 Å². The van der Waals surface area contributed by atoms with Gasteiger partial charge in [0.25, 0.3) is 5.91 Å². The van der Waals surface area contributed by atoms with Crippen molar-refractivity contribution in [3.8, 4) is 11.5 Å². The first-order valence-electron chi connectivity index (χ1n) is 8.18. The highest BCUT2D eigenvalue weighted by atomic mass is 79.9. The topological polar surface area (TPSA) is 59.9 Å². The molecule has 0 spiro atoms. The summed E-state index contributed by atoms with van der Waals surface area (Å²) in [5, 5.41) is 3.93. The standard InChI is InChI=1S/C20H23BrN2O3/c1-20(2,3)15-6-8-16(9-7-15)26-13-19(24)23-22-12-14-5-10-18(25-4)17(21)11-14/h5-12H,13H2,1-4H3,(H,23,24). The van der Waals surface area contributed by atoms with Gasteiger partial charge in [0.2, 0.25) is 0 Å². The summed E-state index contributed by atoms with van der Waals surface area (Å²) in [4.78, 5) is 11.8. The summed E-state index contributed by atoms with van der Waals surface area (Å²) in [5.41, 5.74) is 4.57. The summed E-state index contributed by atoms with van der Waals surface area (Å²) in [6.07, 6.45) is 1.56. The molecular weight excluding hydrogens is 396 g/mol. The average Bonchev–Trinajstić information content (AvgIpc) is 2.60. The highest BCUT2D eigenvalue weighted by Gasteiger charge is 2.13. The fraction of sp³-hybridized carbons (Fsp3) is 0.300. The van der Waals surface area contributed by atoms with E-state index in [1.54, 1.807) is 13.3 Å². The number of ether oxygens (including phenoxy) is 2. The van der Waals surface area contributed by atoms with Crippen LogP contribution in [0.25, 0.3) is 0 Å². The van der Waals surface area contributed by atoms with Crippen LogP contribution in [0, 0.1) is 0 Å². The van der Waals surface area contributed by atoms with E-state index in [1.165, 1.54) is 5.56 Å². The molecule has 0 aliphatic carbocycles. The summed E-state index contributed by atoms with van der Waals surface area (Å²) >= 11 is 3.40. The van der Waals surface area contributed by atoms with Crippen molar-refractivity contribution in [2.24, 2.45) is 5.10 Å². The Morgan fingerprint density at radius 1 is 1.19 bits per heavy atom. The van der Waals surface area contributed by atoms with E-state index >= 15 is 0 Å². The number of rotatable bonds is 6. The molecule has 0 atom stereocenters. The Balaban J connectivity index is 1.82. The number of halogens is 1. The molecule has 0 aliphatic heterocycles. The smallest absolute Gasteiger partial charge is 0.277 e. The Hall–Kier alpha value is -2.34. The van der Waals surface area contributed by atoms with Crippen molar-refractivity contribution in [2.45, 2.75) is 26.2 Å². The molecule has 0 radical (unpaired) electrons. The van der Waals surface area contributed by atoms with Gasteiger partial charge in [0.1, 0.15) is 11.5 Å². The molecule has 0 bridgehead atoms. The lowest BCUT2D eigenvalue weighted by molar-refractivity contribution is -0.123. The van der Waals surface area contributed by atoms with Crippen LogP contribution in [0.1, 0.15) is 31.9 Å². The molecule has 6 heteroatoms. The van der Waals surface area contributed by atoms with E-state index in [-0.39, 0.29) is 17.9 Å². The molecule has 5 nitrogen and oxygen atoms in total. The summed E-state index contributed by atoms with van der Waals surface area (Å²) in [6.45, 7) is 6.35. The third-order valence-corrected chi connectivity index (χ3v) is 4.29. The number of hydrazone groups is 1. The van der Waals surface area contributed by atoms with Gasteiger partial charge in [-0.3, -0.25) is 4.79 Å². The van der Waals surface area contributed by atoms with Crippen molar-refractivity contribution in [2.75, 3.05) is 13.7 Å². The first-order valence-corrected chi connectivity index (χ1v) is 8.97. The van der Waals surface area contributed by atoms with E-state index in [0.29, 0.717) is 5.75 Å². The van der Waals surface area contributed by atoms with Crippen LogP contribution in [-0.4, -0.2) is 25.8 Å². The molecule has 0 unspecified atom stereocenters. The number of nitrogens with one attached hydrogen (secondary N) is 1. The van der Waals surface area contributed by atoms with E-state index < -0.39 is 0 Å². The molecule has 1 amide bonds. The van der Waals surface area contributed by atoms with E-state index in [2.05, 4.69) is 47.2 Å². The molecule has 0 aromatic heterocycles. The maximum absolute atomic E-state index is 11.8. The maximum Gasteiger partial charge on any atom is 0.277 e. The van der Waals surface area contributed by atoms with Crippen LogP contribution in [0.5, 0.6) is 11.5 Å². The van der Waals surface area contributed by atoms with Crippen LogP contribution in [0.2, 0.25) is 0 Å². The van der Waals surface area contributed by atoms with Gasteiger partial charge in [-0.1, -0.05) is 32.9 Å². The van der Waals surface area contributed by atoms with Crippen molar-refractivity contribution in [1.29, 1.82) is 0 Å². The van der Waals surface area contributed by atoms with Gasteiger partial charge in [0, 0.05) is 0 Å². The number of hydrogen-bond acceptors (Lipinski definition) is 4. The average molecular weight is 419 g/mol. The highest BCUT2D eigenvalue weighted by Crippen LogP contribution is 2.25. The number of nitrogens with zero attached hydrogens (tertiary/aromatic N) is 1. The highest BCUT2D eigenvalue weighted by molar-refractivity contribution is 9.10. The predicted octanol–water partition coefficient (Wildman–Crippen LogP) is 4.28. The van der Waals surface area contributed by atoms with Gasteiger partial charge in [0.05, 0.1) is 17.8 Å². The zero-order chi connectivity index (χ0) is 19.2. The predicted molar refractivity (Wildman–Crippen MR) is 107 cm³/mol. The van der Waals surface area contributed by atoms with Gasteiger partial charge < -0.3 is 9.47 Å². The molecular formula is C20H23BrN2O3. The Labute approximate surface area is 162 Å². The Morgan fingerprint density at radius 2 is 1.88 bits per heavy atom. The maximum atomic E-state index is 11.8. The minimum Gasteiger partial charge on any atom is -0.496 e. The van der Waals surface area contributed by atoms with Crippen LogP contribution in [-0.2, 0) is 10.2 Å². The Bertz CT molecular complexity index is 781. The fourth-order valence-corrected chi connectivity index (χ4v) is 2.73. The SMILES string of the molecule is COc1ccc(C=NNC(=O)COc2ccc(C(C)(C)C)cc2)cc1Br. The number of methoxy groups -OCH3 is 1. The van der Waals surface area contributed by atoms with Crippen LogP contribution >= 0.6 is 15.9 Å². The van der Waals surface area contributed by atoms with Gasteiger partial charge in [-0.05, 0) is 62.8 Å². The van der Waals surface area contributed by atoms with Gasteiger partial charge in [0.15, 0.2) is 6.61 Å². The van der Waals surface area contributed by atoms with Crippen LogP contribution < -0.4 is 14.9 Å². The molecule has 0 aliphatic rings. The van der Waals surface area contributed by atoms with Crippen LogP contribution in [0.3, 0.4) is 0 Å². The molecule has 2 aromatic carbocycles. The normalized spacial score (nSPS) is 11.4. The number of hydrogen-bond donors (Lipinski definition) is 1. The van der Waals surface area contributed by atoms with Crippen LogP contribution in [0.15, 0.2) is 52.0 Å². The Kier molecular flexibility index (Phi) is 6.80. The number of carbonyl (C=O) groups is 1. The molecule has 0 saturated carbocycles. The minimum atomic E-state index is -0.325. The quantitative estimate of drug-likeness (QED) is 0.562. The lowest BCUT2D eigenvalue weighted by atomic mass is 9.87. The van der Waals surface area contributed by atoms with Crippen molar-refractivity contribution in [3.63, 3.8) is 0 Å². The van der Waals surface area contributed by atoms with Crippen molar-refractivity contribution < 1.29 is 14.3 Å². The number of carbonyl (C=O) groups excluding carboxylic acids is 1. The van der Waals surface area contributed by atoms with Crippen molar-refractivity contribution >= 4 is 28.1 Å². The lowest BCUT2D eigenvalue weighted by Crippen LogP contribution is -2.24. The zero-order valence-corrected chi connectivity index (χ0v) is 17.0. The monoisotopic (exact) mass is 418 g/mol. The second-order valence-corrected chi connectivity index (χ2v) is 7.60. The molecule has 2 rings (SSSR count). The summed E-state index contributed by atoms with van der Waals surface area (Å²) in [7, 11) is 1.60. The van der Waals surface area contributed by atoms with Gasteiger partial charge in [-0.15, -0.1) is 0 Å². The van der Waals surface area contributed by atoms with E-state index in [1.807, 2.05) is 42.5 Å². The molecule has 1 N–H and O–H groups in total. The second-order valence-electron chi connectivity index (χ2n) is 6.75. The first kappa shape index (κ1) is 20.0. The van der Waals surface area contributed by atoms with Gasteiger partial charge >= 0.3 is 0 Å². The fourth-order valence-electron chi connectivity index (χ4n) is 2.17. The number of amides is 1. The molecule has 26 heavy (non-hydrogen) atoms. The number of benzene rings is 2. The molecule has 138 valence electrons. The third kappa shape index (κ3) is 5.88. The second kappa shape index (κ2) is 8.85. The van der Waals surface area contributed by atoms with Gasteiger partial charge in [-0.2, -0.15) is 5.10 Å². The summed E-state index contributed by atoms with van der Waals surface area (Å²) < 4.78 is 11.5. The molecule has 0 fully saturated rings. The molecule has 2 aromatic rings. The van der Waals surface area contributed by atoms with E-state index in [4.69, 9.17) is 9.47 Å². The first-order chi connectivity index (χ1) is 12.3. The largest absolute Gasteiger partial charge is 0.496 e.